The van der Waals surface area contributed by atoms with Crippen molar-refractivity contribution in [1.82, 2.24) is 30.5 Å². The SMILES string of the molecule is O=C(C=Cc1cc(Cl)ccc1-n1cnnn1)N[C@@H](Cc1ccccc1)C(=O)Nc1ccc2c(=O)[nH]ccc2c1. The van der Waals surface area contributed by atoms with Crippen LogP contribution in [0.25, 0.3) is 22.5 Å². The van der Waals surface area contributed by atoms with Crippen molar-refractivity contribution in [3.05, 3.63) is 118 Å². The summed E-state index contributed by atoms with van der Waals surface area (Å²) < 4.78 is 1.46. The maximum absolute atomic E-state index is 13.3. The number of nitrogens with one attached hydrogen (secondary N) is 3. The van der Waals surface area contributed by atoms with Crippen LogP contribution in [0.3, 0.4) is 0 Å². The number of nitrogens with zero attached hydrogens (tertiary/aromatic N) is 4. The zero-order valence-electron chi connectivity index (χ0n) is 20.4. The fourth-order valence-corrected chi connectivity index (χ4v) is 4.26. The topological polar surface area (TPSA) is 135 Å². The number of H-pyrrole nitrogens is 1. The molecule has 0 bridgehead atoms. The van der Waals surface area contributed by atoms with E-state index in [9.17, 15) is 14.4 Å². The Hall–Kier alpha value is -5.09. The van der Waals surface area contributed by atoms with Gasteiger partial charge in [0, 0.05) is 40.4 Å². The predicted molar refractivity (Wildman–Crippen MR) is 148 cm³/mol. The highest BCUT2D eigenvalue weighted by Crippen LogP contribution is 2.20. The Morgan fingerprint density at radius 1 is 1.05 bits per heavy atom. The highest BCUT2D eigenvalue weighted by atomic mass is 35.5. The highest BCUT2D eigenvalue weighted by molar-refractivity contribution is 6.30. The lowest BCUT2D eigenvalue weighted by Crippen LogP contribution is -2.44. The standard InChI is InChI=1S/C28H22ClN7O3/c29-21-7-10-25(36-17-31-34-35-36)20(15-21)6-11-26(37)33-24(14-18-4-2-1-3-5-18)28(39)32-22-8-9-23-19(16-22)12-13-30-27(23)38/h1-13,15-17,24H,14H2,(H,30,38)(H,32,39)(H,33,37)/t24-/m0/s1. The molecule has 5 aromatic rings. The number of hydrogen-bond acceptors (Lipinski definition) is 6. The largest absolute Gasteiger partial charge is 0.340 e. The molecule has 0 aliphatic rings. The third-order valence-electron chi connectivity index (χ3n) is 5.96. The van der Waals surface area contributed by atoms with Crippen molar-refractivity contribution in [2.75, 3.05) is 5.32 Å². The smallest absolute Gasteiger partial charge is 0.255 e. The minimum atomic E-state index is -0.877. The van der Waals surface area contributed by atoms with Crippen LogP contribution in [0.1, 0.15) is 11.1 Å². The summed E-state index contributed by atoms with van der Waals surface area (Å²) in [6.07, 6.45) is 6.16. The number of anilines is 1. The summed E-state index contributed by atoms with van der Waals surface area (Å²) in [4.78, 5) is 40.9. The number of aromatic amines is 1. The van der Waals surface area contributed by atoms with Crippen molar-refractivity contribution in [3.8, 4) is 5.69 Å². The molecule has 2 heterocycles. The molecule has 0 radical (unpaired) electrons. The van der Waals surface area contributed by atoms with Gasteiger partial charge in [0.25, 0.3) is 5.56 Å². The van der Waals surface area contributed by atoms with Gasteiger partial charge in [-0.2, -0.15) is 4.68 Å². The number of pyridine rings is 1. The van der Waals surface area contributed by atoms with Crippen LogP contribution >= 0.6 is 11.6 Å². The number of tetrazole rings is 1. The first-order chi connectivity index (χ1) is 19.0. The van der Waals surface area contributed by atoms with Crippen LogP contribution in [0.2, 0.25) is 5.02 Å². The quantitative estimate of drug-likeness (QED) is 0.258. The van der Waals surface area contributed by atoms with Gasteiger partial charge in [-0.25, -0.2) is 0 Å². The van der Waals surface area contributed by atoms with Gasteiger partial charge in [-0.15, -0.1) is 5.10 Å². The highest BCUT2D eigenvalue weighted by Gasteiger charge is 2.21. The fraction of sp³-hybridized carbons (Fsp3) is 0.0714. The van der Waals surface area contributed by atoms with E-state index in [4.69, 9.17) is 11.6 Å². The molecule has 3 aromatic carbocycles. The van der Waals surface area contributed by atoms with Crippen LogP contribution in [0, 0.1) is 0 Å². The van der Waals surface area contributed by atoms with E-state index in [-0.39, 0.29) is 12.0 Å². The summed E-state index contributed by atoms with van der Waals surface area (Å²) in [5.74, 6) is -0.874. The van der Waals surface area contributed by atoms with Gasteiger partial charge in [-0.3, -0.25) is 14.4 Å². The van der Waals surface area contributed by atoms with E-state index in [1.807, 2.05) is 30.3 Å². The molecule has 2 amide bonds. The molecule has 0 saturated carbocycles. The zero-order valence-corrected chi connectivity index (χ0v) is 21.2. The number of benzene rings is 3. The summed E-state index contributed by atoms with van der Waals surface area (Å²) >= 11 is 6.16. The van der Waals surface area contributed by atoms with Crippen LogP contribution in [0.4, 0.5) is 5.69 Å². The number of fused-ring (bicyclic) bond motifs is 1. The second kappa shape index (κ2) is 11.5. The van der Waals surface area contributed by atoms with Gasteiger partial charge in [0.2, 0.25) is 11.8 Å². The molecule has 39 heavy (non-hydrogen) atoms. The summed E-state index contributed by atoms with van der Waals surface area (Å²) in [7, 11) is 0. The Balaban J connectivity index is 1.36. The van der Waals surface area contributed by atoms with Crippen molar-refractivity contribution in [3.63, 3.8) is 0 Å². The van der Waals surface area contributed by atoms with E-state index < -0.39 is 17.9 Å². The number of amides is 2. The molecular formula is C28H22ClN7O3. The third-order valence-corrected chi connectivity index (χ3v) is 6.19. The Kier molecular flexibility index (Phi) is 7.56. The Bertz CT molecular complexity index is 1720. The molecule has 0 spiro atoms. The van der Waals surface area contributed by atoms with E-state index >= 15 is 0 Å². The van der Waals surface area contributed by atoms with Crippen molar-refractivity contribution in [2.24, 2.45) is 0 Å². The number of aromatic nitrogens is 5. The first-order valence-electron chi connectivity index (χ1n) is 11.9. The zero-order chi connectivity index (χ0) is 27.2. The Labute approximate surface area is 227 Å². The van der Waals surface area contributed by atoms with Gasteiger partial charge in [0.05, 0.1) is 5.69 Å². The summed E-state index contributed by atoms with van der Waals surface area (Å²) in [6.45, 7) is 0. The number of carbonyl (C=O) groups is 2. The second-order valence-electron chi connectivity index (χ2n) is 8.64. The molecule has 11 heteroatoms. The molecule has 0 unspecified atom stereocenters. The summed E-state index contributed by atoms with van der Waals surface area (Å²) in [5, 5.41) is 18.5. The average Bonchev–Trinajstić information content (AvgIpc) is 3.47. The normalized spacial score (nSPS) is 11.9. The van der Waals surface area contributed by atoms with E-state index in [1.54, 1.807) is 54.7 Å². The molecule has 0 aliphatic heterocycles. The van der Waals surface area contributed by atoms with Gasteiger partial charge < -0.3 is 15.6 Å². The van der Waals surface area contributed by atoms with Crippen molar-refractivity contribution < 1.29 is 9.59 Å². The van der Waals surface area contributed by atoms with Crippen LogP contribution in [0.5, 0.6) is 0 Å². The van der Waals surface area contributed by atoms with Gasteiger partial charge >= 0.3 is 0 Å². The Morgan fingerprint density at radius 2 is 1.90 bits per heavy atom. The Morgan fingerprint density at radius 3 is 2.69 bits per heavy atom. The maximum atomic E-state index is 13.3. The van der Waals surface area contributed by atoms with Crippen LogP contribution in [-0.2, 0) is 16.0 Å². The molecule has 5 rings (SSSR count). The molecule has 10 nitrogen and oxygen atoms in total. The fourth-order valence-electron chi connectivity index (χ4n) is 4.08. The molecule has 0 saturated heterocycles. The first-order valence-corrected chi connectivity index (χ1v) is 12.3. The summed E-state index contributed by atoms with van der Waals surface area (Å²) in [5.41, 5.74) is 2.41. The number of rotatable bonds is 8. The van der Waals surface area contributed by atoms with Gasteiger partial charge in [-0.1, -0.05) is 41.9 Å². The molecular weight excluding hydrogens is 518 g/mol. The van der Waals surface area contributed by atoms with E-state index in [0.717, 1.165) is 5.56 Å². The van der Waals surface area contributed by atoms with Crippen molar-refractivity contribution in [1.29, 1.82) is 0 Å². The molecule has 1 atom stereocenters. The van der Waals surface area contributed by atoms with E-state index in [1.165, 1.54) is 17.1 Å². The van der Waals surface area contributed by atoms with Gasteiger partial charge in [0.1, 0.15) is 12.4 Å². The predicted octanol–water partition coefficient (Wildman–Crippen LogP) is 3.54. The molecule has 3 N–H and O–H groups in total. The minimum Gasteiger partial charge on any atom is -0.340 e. The van der Waals surface area contributed by atoms with Gasteiger partial charge in [0.15, 0.2) is 0 Å². The monoisotopic (exact) mass is 539 g/mol. The molecule has 2 aromatic heterocycles. The molecule has 0 fully saturated rings. The van der Waals surface area contributed by atoms with Crippen LogP contribution < -0.4 is 16.2 Å². The van der Waals surface area contributed by atoms with Crippen molar-refractivity contribution in [2.45, 2.75) is 12.5 Å². The lowest BCUT2D eigenvalue weighted by molar-refractivity contribution is -0.123. The molecule has 194 valence electrons. The number of halogens is 1. The second-order valence-corrected chi connectivity index (χ2v) is 9.08. The van der Waals surface area contributed by atoms with Crippen molar-refractivity contribution >= 4 is 46.0 Å². The lowest BCUT2D eigenvalue weighted by atomic mass is 10.0. The summed E-state index contributed by atoms with van der Waals surface area (Å²) in [6, 6.07) is 20.4. The molecule has 0 aliphatic carbocycles. The lowest BCUT2D eigenvalue weighted by Gasteiger charge is -2.18. The number of carbonyl (C=O) groups excluding carboxylic acids is 2. The first kappa shape index (κ1) is 25.6. The van der Waals surface area contributed by atoms with E-state index in [2.05, 4.69) is 31.1 Å². The number of hydrogen-bond donors (Lipinski definition) is 3. The van der Waals surface area contributed by atoms with E-state index in [0.29, 0.717) is 32.7 Å². The minimum absolute atomic E-state index is 0.214. The van der Waals surface area contributed by atoms with Crippen LogP contribution in [-0.4, -0.2) is 43.0 Å². The van der Waals surface area contributed by atoms with Crippen LogP contribution in [0.15, 0.2) is 96.2 Å². The van der Waals surface area contributed by atoms with Gasteiger partial charge in [-0.05, 0) is 69.9 Å². The average molecular weight is 540 g/mol. The third kappa shape index (κ3) is 6.25. The maximum Gasteiger partial charge on any atom is 0.255 e.